The van der Waals surface area contributed by atoms with E-state index in [1.165, 1.54) is 4.90 Å². The summed E-state index contributed by atoms with van der Waals surface area (Å²) >= 11 is 0. The number of hydrogen-bond acceptors (Lipinski definition) is 5. The molecule has 2 N–H and O–H groups in total. The Bertz CT molecular complexity index is 406. The normalized spacial score (nSPS) is 10.5. The highest BCUT2D eigenvalue weighted by molar-refractivity contribution is 5.72. The van der Waals surface area contributed by atoms with Gasteiger partial charge >= 0.3 is 11.9 Å². The van der Waals surface area contributed by atoms with Crippen molar-refractivity contribution in [2.24, 2.45) is 0 Å². The summed E-state index contributed by atoms with van der Waals surface area (Å²) in [5.41, 5.74) is 0.597. The summed E-state index contributed by atoms with van der Waals surface area (Å²) in [6.07, 6.45) is 1.55. The molecule has 92 valence electrons. The topological polar surface area (TPSA) is 104 Å². The van der Waals surface area contributed by atoms with Crippen LogP contribution in [0, 0.1) is 6.92 Å². The second-order valence-corrected chi connectivity index (χ2v) is 3.53. The highest BCUT2D eigenvalue weighted by atomic mass is 16.4. The SMILES string of the molecule is Cc1nccc(CN(CC(=O)O)CC(=O)O)n1. The average Bonchev–Trinajstić information content (AvgIpc) is 2.14. The molecule has 0 aliphatic rings. The largest absolute Gasteiger partial charge is 0.480 e. The molecule has 0 saturated heterocycles. The van der Waals surface area contributed by atoms with Gasteiger partial charge in [-0.05, 0) is 13.0 Å². The molecule has 0 aromatic carbocycles. The summed E-state index contributed by atoms with van der Waals surface area (Å²) in [5.74, 6) is -1.58. The fraction of sp³-hybridized carbons (Fsp3) is 0.400. The summed E-state index contributed by atoms with van der Waals surface area (Å²) in [6.45, 7) is 1.20. The Morgan fingerprint density at radius 3 is 2.35 bits per heavy atom. The lowest BCUT2D eigenvalue weighted by Crippen LogP contribution is -2.34. The predicted molar refractivity (Wildman–Crippen MR) is 57.3 cm³/mol. The van der Waals surface area contributed by atoms with Crippen LogP contribution in [0.25, 0.3) is 0 Å². The van der Waals surface area contributed by atoms with Crippen molar-refractivity contribution in [3.05, 3.63) is 23.8 Å². The molecule has 0 unspecified atom stereocenters. The van der Waals surface area contributed by atoms with Gasteiger partial charge in [0.25, 0.3) is 0 Å². The molecule has 0 spiro atoms. The summed E-state index contributed by atoms with van der Waals surface area (Å²) < 4.78 is 0. The summed E-state index contributed by atoms with van der Waals surface area (Å²) in [4.78, 5) is 30.4. The first-order valence-corrected chi connectivity index (χ1v) is 4.92. The number of carbonyl (C=O) groups is 2. The number of carboxylic acid groups (broad SMARTS) is 2. The van der Waals surface area contributed by atoms with E-state index in [-0.39, 0.29) is 19.6 Å². The standard InChI is InChI=1S/C10H13N3O4/c1-7-11-3-2-8(12-7)4-13(5-9(14)15)6-10(16)17/h2-3H,4-6H2,1H3,(H,14,15)(H,16,17). The summed E-state index contributed by atoms with van der Waals surface area (Å²) in [7, 11) is 0. The number of aromatic nitrogens is 2. The first-order valence-electron chi connectivity index (χ1n) is 4.92. The minimum atomic E-state index is -1.07. The first kappa shape index (κ1) is 13.0. The van der Waals surface area contributed by atoms with Crippen LogP contribution in [0.15, 0.2) is 12.3 Å². The van der Waals surface area contributed by atoms with Crippen molar-refractivity contribution in [3.63, 3.8) is 0 Å². The number of aliphatic carboxylic acids is 2. The van der Waals surface area contributed by atoms with Gasteiger partial charge in [-0.2, -0.15) is 0 Å². The maximum atomic E-state index is 10.6. The zero-order chi connectivity index (χ0) is 12.8. The maximum Gasteiger partial charge on any atom is 0.317 e. The highest BCUT2D eigenvalue weighted by Crippen LogP contribution is 2.01. The van der Waals surface area contributed by atoms with Crippen LogP contribution in [0.1, 0.15) is 11.5 Å². The minimum Gasteiger partial charge on any atom is -0.480 e. The molecule has 0 amide bonds. The number of rotatable bonds is 6. The third-order valence-electron chi connectivity index (χ3n) is 1.94. The minimum absolute atomic E-state index is 0.169. The highest BCUT2D eigenvalue weighted by Gasteiger charge is 2.14. The number of aryl methyl sites for hydroxylation is 1. The van der Waals surface area contributed by atoms with Gasteiger partial charge in [0.15, 0.2) is 0 Å². The molecule has 0 aliphatic heterocycles. The van der Waals surface area contributed by atoms with E-state index in [1.54, 1.807) is 19.2 Å². The first-order chi connectivity index (χ1) is 7.97. The molecule has 0 saturated carbocycles. The second-order valence-electron chi connectivity index (χ2n) is 3.53. The van der Waals surface area contributed by atoms with Crippen molar-refractivity contribution < 1.29 is 19.8 Å². The molecule has 0 aliphatic carbocycles. The summed E-state index contributed by atoms with van der Waals surface area (Å²) in [5, 5.41) is 17.3. The summed E-state index contributed by atoms with van der Waals surface area (Å²) in [6, 6.07) is 1.63. The molecule has 17 heavy (non-hydrogen) atoms. The molecule has 1 aromatic rings. The van der Waals surface area contributed by atoms with Gasteiger partial charge in [0.05, 0.1) is 18.8 Å². The van der Waals surface area contributed by atoms with Crippen LogP contribution in [-0.2, 0) is 16.1 Å². The van der Waals surface area contributed by atoms with Gasteiger partial charge in [-0.3, -0.25) is 14.5 Å². The van der Waals surface area contributed by atoms with Gasteiger partial charge in [-0.25, -0.2) is 9.97 Å². The van der Waals surface area contributed by atoms with Crippen molar-refractivity contribution in [2.45, 2.75) is 13.5 Å². The van der Waals surface area contributed by atoms with Crippen molar-refractivity contribution in [1.29, 1.82) is 0 Å². The molecule has 0 atom stereocenters. The Labute approximate surface area is 97.7 Å². The smallest absolute Gasteiger partial charge is 0.317 e. The average molecular weight is 239 g/mol. The van der Waals surface area contributed by atoms with Crippen LogP contribution >= 0.6 is 0 Å². The Kier molecular flexibility index (Phi) is 4.53. The van der Waals surface area contributed by atoms with Crippen molar-refractivity contribution >= 4 is 11.9 Å². The van der Waals surface area contributed by atoms with Gasteiger partial charge in [0.2, 0.25) is 0 Å². The van der Waals surface area contributed by atoms with Crippen LogP contribution in [0.4, 0.5) is 0 Å². The monoisotopic (exact) mass is 239 g/mol. The molecule has 1 aromatic heterocycles. The quantitative estimate of drug-likeness (QED) is 0.705. The Morgan fingerprint density at radius 1 is 1.29 bits per heavy atom. The van der Waals surface area contributed by atoms with Crippen molar-refractivity contribution in [1.82, 2.24) is 14.9 Å². The lowest BCUT2D eigenvalue weighted by Gasteiger charge is -2.17. The van der Waals surface area contributed by atoms with E-state index in [0.717, 1.165) is 0 Å². The molecule has 1 rings (SSSR count). The van der Waals surface area contributed by atoms with E-state index in [0.29, 0.717) is 11.5 Å². The molecule has 7 heteroatoms. The van der Waals surface area contributed by atoms with Crippen LogP contribution < -0.4 is 0 Å². The zero-order valence-electron chi connectivity index (χ0n) is 9.33. The molecule has 0 radical (unpaired) electrons. The van der Waals surface area contributed by atoms with Gasteiger partial charge in [-0.1, -0.05) is 0 Å². The Balaban J connectivity index is 2.71. The van der Waals surface area contributed by atoms with Crippen LogP contribution in [0.5, 0.6) is 0 Å². The van der Waals surface area contributed by atoms with E-state index in [1.807, 2.05) is 0 Å². The third kappa shape index (κ3) is 5.03. The third-order valence-corrected chi connectivity index (χ3v) is 1.94. The van der Waals surface area contributed by atoms with E-state index in [4.69, 9.17) is 10.2 Å². The van der Waals surface area contributed by atoms with Crippen LogP contribution in [-0.4, -0.2) is 50.1 Å². The molecule has 1 heterocycles. The number of nitrogens with zero attached hydrogens (tertiary/aromatic N) is 3. The van der Waals surface area contributed by atoms with E-state index in [2.05, 4.69) is 9.97 Å². The fourth-order valence-electron chi connectivity index (χ4n) is 1.37. The van der Waals surface area contributed by atoms with Gasteiger partial charge < -0.3 is 10.2 Å². The fourth-order valence-corrected chi connectivity index (χ4v) is 1.37. The van der Waals surface area contributed by atoms with Gasteiger partial charge in [0, 0.05) is 12.7 Å². The molecule has 0 fully saturated rings. The lowest BCUT2D eigenvalue weighted by molar-refractivity contribution is -0.142. The zero-order valence-corrected chi connectivity index (χ0v) is 9.33. The van der Waals surface area contributed by atoms with Crippen molar-refractivity contribution in [3.8, 4) is 0 Å². The molecular weight excluding hydrogens is 226 g/mol. The molecule has 7 nitrogen and oxygen atoms in total. The predicted octanol–water partition coefficient (Wildman–Crippen LogP) is -0.244. The van der Waals surface area contributed by atoms with E-state index in [9.17, 15) is 9.59 Å². The second kappa shape index (κ2) is 5.90. The number of carboxylic acids is 2. The molecular formula is C10H13N3O4. The Hall–Kier alpha value is -2.02. The molecule has 0 bridgehead atoms. The maximum absolute atomic E-state index is 10.6. The van der Waals surface area contributed by atoms with Crippen LogP contribution in [0.3, 0.4) is 0 Å². The van der Waals surface area contributed by atoms with Gasteiger partial charge in [-0.15, -0.1) is 0 Å². The Morgan fingerprint density at radius 2 is 1.88 bits per heavy atom. The number of hydrogen-bond donors (Lipinski definition) is 2. The van der Waals surface area contributed by atoms with Crippen LogP contribution in [0.2, 0.25) is 0 Å². The van der Waals surface area contributed by atoms with E-state index < -0.39 is 11.9 Å². The van der Waals surface area contributed by atoms with Crippen molar-refractivity contribution in [2.75, 3.05) is 13.1 Å². The van der Waals surface area contributed by atoms with Gasteiger partial charge in [0.1, 0.15) is 5.82 Å². The van der Waals surface area contributed by atoms with E-state index >= 15 is 0 Å². The lowest BCUT2D eigenvalue weighted by atomic mass is 10.3.